The van der Waals surface area contributed by atoms with Gasteiger partial charge in [0.05, 0.1) is 6.10 Å². The minimum Gasteiger partial charge on any atom is -0.370 e. The third-order valence-electron chi connectivity index (χ3n) is 3.93. The van der Waals surface area contributed by atoms with Gasteiger partial charge in [-0.1, -0.05) is 13.8 Å². The number of ether oxygens (including phenoxy) is 1. The maximum absolute atomic E-state index is 12.2. The molecule has 2 nitrogen and oxygen atoms in total. The standard InChI is InChI=1S/C16H24O2S/c1-10-5-11(2)7-14(6-10)18-9-16(17)15-8-12(3)19-13(15)4/h8,10-11,14H,5-7,9H2,1-4H3. The summed E-state index contributed by atoms with van der Waals surface area (Å²) in [6, 6.07) is 1.98. The smallest absolute Gasteiger partial charge is 0.189 e. The van der Waals surface area contributed by atoms with Crippen LogP contribution in [0.4, 0.5) is 0 Å². The lowest BCUT2D eigenvalue weighted by Gasteiger charge is -2.31. The molecule has 0 radical (unpaired) electrons. The zero-order chi connectivity index (χ0) is 14.0. The van der Waals surface area contributed by atoms with Crippen molar-refractivity contribution in [1.29, 1.82) is 0 Å². The summed E-state index contributed by atoms with van der Waals surface area (Å²) >= 11 is 1.68. The highest BCUT2D eigenvalue weighted by Crippen LogP contribution is 2.30. The first-order chi connectivity index (χ1) is 8.95. The molecule has 1 fully saturated rings. The molecule has 0 spiro atoms. The van der Waals surface area contributed by atoms with Crippen LogP contribution in [-0.2, 0) is 4.74 Å². The van der Waals surface area contributed by atoms with E-state index in [0.29, 0.717) is 11.8 Å². The lowest BCUT2D eigenvalue weighted by atomic mass is 9.82. The minimum absolute atomic E-state index is 0.132. The Labute approximate surface area is 120 Å². The maximum Gasteiger partial charge on any atom is 0.189 e. The Kier molecular flexibility index (Phi) is 4.80. The highest BCUT2D eigenvalue weighted by Gasteiger charge is 2.25. The number of thiophene rings is 1. The Bertz CT molecular complexity index is 440. The third-order valence-corrected chi connectivity index (χ3v) is 4.89. The van der Waals surface area contributed by atoms with Crippen molar-refractivity contribution >= 4 is 17.1 Å². The van der Waals surface area contributed by atoms with Crippen LogP contribution in [0.1, 0.15) is 53.2 Å². The van der Waals surface area contributed by atoms with Gasteiger partial charge in [-0.2, -0.15) is 0 Å². The van der Waals surface area contributed by atoms with Crippen LogP contribution in [0.15, 0.2) is 6.07 Å². The highest BCUT2D eigenvalue weighted by molar-refractivity contribution is 7.12. The van der Waals surface area contributed by atoms with Crippen LogP contribution in [0, 0.1) is 25.7 Å². The fourth-order valence-electron chi connectivity index (χ4n) is 3.19. The van der Waals surface area contributed by atoms with Gasteiger partial charge in [-0.3, -0.25) is 4.79 Å². The molecular weight excluding hydrogens is 256 g/mol. The molecule has 2 unspecified atom stereocenters. The monoisotopic (exact) mass is 280 g/mol. The van der Waals surface area contributed by atoms with E-state index in [1.54, 1.807) is 11.3 Å². The molecule has 1 aromatic rings. The molecule has 0 aliphatic heterocycles. The average molecular weight is 280 g/mol. The van der Waals surface area contributed by atoms with Gasteiger partial charge in [0, 0.05) is 15.3 Å². The van der Waals surface area contributed by atoms with Gasteiger partial charge in [0.2, 0.25) is 0 Å². The van der Waals surface area contributed by atoms with Crippen LogP contribution in [0.2, 0.25) is 0 Å². The molecule has 0 bridgehead atoms. The molecule has 1 aliphatic rings. The van der Waals surface area contributed by atoms with E-state index in [4.69, 9.17) is 4.74 Å². The van der Waals surface area contributed by atoms with Gasteiger partial charge in [-0.25, -0.2) is 0 Å². The van der Waals surface area contributed by atoms with Crippen molar-refractivity contribution in [3.63, 3.8) is 0 Å². The second-order valence-electron chi connectivity index (χ2n) is 6.10. The third kappa shape index (κ3) is 3.90. The van der Waals surface area contributed by atoms with Gasteiger partial charge in [-0.15, -0.1) is 11.3 Å². The Morgan fingerprint density at radius 2 is 1.89 bits per heavy atom. The summed E-state index contributed by atoms with van der Waals surface area (Å²) in [5.74, 6) is 1.57. The van der Waals surface area contributed by atoms with E-state index in [1.165, 1.54) is 11.3 Å². The quantitative estimate of drug-likeness (QED) is 0.765. The molecule has 3 heteroatoms. The highest BCUT2D eigenvalue weighted by atomic mass is 32.1. The van der Waals surface area contributed by atoms with Crippen LogP contribution in [-0.4, -0.2) is 18.5 Å². The van der Waals surface area contributed by atoms with E-state index in [0.717, 1.165) is 23.3 Å². The van der Waals surface area contributed by atoms with E-state index < -0.39 is 0 Å². The Morgan fingerprint density at radius 3 is 2.42 bits per heavy atom. The molecule has 2 rings (SSSR count). The van der Waals surface area contributed by atoms with Crippen molar-refractivity contribution in [2.24, 2.45) is 11.8 Å². The number of aryl methyl sites for hydroxylation is 2. The molecule has 0 saturated heterocycles. The summed E-state index contributed by atoms with van der Waals surface area (Å²) in [7, 11) is 0. The summed E-state index contributed by atoms with van der Waals surface area (Å²) in [6.07, 6.45) is 3.75. The van der Waals surface area contributed by atoms with Gasteiger partial charge in [0.1, 0.15) is 6.61 Å². The summed E-state index contributed by atoms with van der Waals surface area (Å²) < 4.78 is 5.86. The number of carbonyl (C=O) groups is 1. The Hall–Kier alpha value is -0.670. The molecule has 1 saturated carbocycles. The van der Waals surface area contributed by atoms with Gasteiger partial charge in [-0.05, 0) is 51.0 Å². The van der Waals surface area contributed by atoms with Crippen LogP contribution in [0.3, 0.4) is 0 Å². The molecule has 0 N–H and O–H groups in total. The predicted molar refractivity (Wildman–Crippen MR) is 80.0 cm³/mol. The fourth-order valence-corrected chi connectivity index (χ4v) is 4.13. The van der Waals surface area contributed by atoms with Gasteiger partial charge >= 0.3 is 0 Å². The van der Waals surface area contributed by atoms with Crippen LogP contribution in [0.25, 0.3) is 0 Å². The zero-order valence-electron chi connectivity index (χ0n) is 12.4. The normalized spacial score (nSPS) is 27.5. The van der Waals surface area contributed by atoms with Gasteiger partial charge in [0.25, 0.3) is 0 Å². The van der Waals surface area contributed by atoms with Gasteiger partial charge < -0.3 is 4.74 Å². The first-order valence-corrected chi connectivity index (χ1v) is 7.99. The second-order valence-corrected chi connectivity index (χ2v) is 7.56. The van der Waals surface area contributed by atoms with Crippen molar-refractivity contribution in [3.8, 4) is 0 Å². The number of Topliss-reactive ketones (excluding diaryl/α,β-unsaturated/α-hetero) is 1. The SMILES string of the molecule is Cc1cc(C(=O)COC2CC(C)CC(C)C2)c(C)s1. The number of rotatable bonds is 4. The largest absolute Gasteiger partial charge is 0.370 e. The van der Waals surface area contributed by atoms with Crippen LogP contribution >= 0.6 is 11.3 Å². The van der Waals surface area contributed by atoms with Crippen molar-refractivity contribution < 1.29 is 9.53 Å². The summed E-state index contributed by atoms with van der Waals surface area (Å²) in [4.78, 5) is 14.5. The minimum atomic E-state index is 0.132. The maximum atomic E-state index is 12.2. The van der Waals surface area contributed by atoms with E-state index in [1.807, 2.05) is 19.9 Å². The van der Waals surface area contributed by atoms with Crippen LogP contribution < -0.4 is 0 Å². The van der Waals surface area contributed by atoms with Crippen LogP contribution in [0.5, 0.6) is 0 Å². The number of hydrogen-bond donors (Lipinski definition) is 0. The molecule has 19 heavy (non-hydrogen) atoms. The second kappa shape index (κ2) is 6.19. The summed E-state index contributed by atoms with van der Waals surface area (Å²) in [5, 5.41) is 0. The molecular formula is C16H24O2S. The molecule has 106 valence electrons. The first-order valence-electron chi connectivity index (χ1n) is 7.17. The molecule has 0 amide bonds. The molecule has 1 heterocycles. The van der Waals surface area contributed by atoms with Crippen molar-refractivity contribution in [1.82, 2.24) is 0 Å². The molecule has 0 aromatic carbocycles. The molecule has 1 aromatic heterocycles. The van der Waals surface area contributed by atoms with E-state index >= 15 is 0 Å². The topological polar surface area (TPSA) is 26.3 Å². The zero-order valence-corrected chi connectivity index (χ0v) is 13.2. The Morgan fingerprint density at radius 1 is 1.26 bits per heavy atom. The van der Waals surface area contributed by atoms with Gasteiger partial charge in [0.15, 0.2) is 5.78 Å². The Balaban J connectivity index is 1.88. The lowest BCUT2D eigenvalue weighted by Crippen LogP contribution is -2.28. The van der Waals surface area contributed by atoms with E-state index in [-0.39, 0.29) is 18.5 Å². The summed E-state index contributed by atoms with van der Waals surface area (Å²) in [6.45, 7) is 8.84. The number of carbonyl (C=O) groups excluding carboxylic acids is 1. The summed E-state index contributed by atoms with van der Waals surface area (Å²) in [5.41, 5.74) is 0.847. The lowest BCUT2D eigenvalue weighted by molar-refractivity contribution is 0.00562. The van der Waals surface area contributed by atoms with Crippen molar-refractivity contribution in [2.45, 2.75) is 53.1 Å². The van der Waals surface area contributed by atoms with E-state index in [2.05, 4.69) is 13.8 Å². The molecule has 1 aliphatic carbocycles. The van der Waals surface area contributed by atoms with Crippen molar-refractivity contribution in [3.05, 3.63) is 21.4 Å². The number of ketones is 1. The van der Waals surface area contributed by atoms with E-state index in [9.17, 15) is 4.79 Å². The fraction of sp³-hybridized carbons (Fsp3) is 0.688. The van der Waals surface area contributed by atoms with Crippen molar-refractivity contribution in [2.75, 3.05) is 6.61 Å². The first kappa shape index (κ1) is 14.7. The molecule has 2 atom stereocenters. The predicted octanol–water partition coefficient (Wildman–Crippen LogP) is 4.39. The number of hydrogen-bond acceptors (Lipinski definition) is 3. The average Bonchev–Trinajstić information content (AvgIpc) is 2.64.